The Labute approximate surface area is 110 Å². The molecule has 0 saturated heterocycles. The molecule has 0 aliphatic carbocycles. The van der Waals surface area contributed by atoms with Gasteiger partial charge in [0.2, 0.25) is 0 Å². The molecule has 3 nitrogen and oxygen atoms in total. The van der Waals surface area contributed by atoms with Gasteiger partial charge in [-0.15, -0.1) is 0 Å². The van der Waals surface area contributed by atoms with Crippen molar-refractivity contribution in [2.24, 2.45) is 5.84 Å². The van der Waals surface area contributed by atoms with Gasteiger partial charge in [0.1, 0.15) is 5.82 Å². The van der Waals surface area contributed by atoms with Crippen LogP contribution in [0.15, 0.2) is 22.7 Å². The van der Waals surface area contributed by atoms with Gasteiger partial charge in [-0.25, -0.2) is 4.39 Å². The van der Waals surface area contributed by atoms with E-state index in [1.807, 2.05) is 6.92 Å². The van der Waals surface area contributed by atoms with Gasteiger partial charge in [0.15, 0.2) is 0 Å². The Balaban J connectivity index is 2.83. The molecule has 0 radical (unpaired) electrons. The van der Waals surface area contributed by atoms with Crippen LogP contribution in [0.1, 0.15) is 18.9 Å². The number of benzene rings is 1. The average Bonchev–Trinajstić information content (AvgIpc) is 2.33. The van der Waals surface area contributed by atoms with Crippen molar-refractivity contribution in [2.45, 2.75) is 31.9 Å². The summed E-state index contributed by atoms with van der Waals surface area (Å²) in [6.45, 7) is 2.01. The molecule has 0 aromatic heterocycles. The minimum absolute atomic E-state index is 0.0293. The first-order chi connectivity index (χ1) is 8.12. The fraction of sp³-hybridized carbons (Fsp3) is 0.500. The molecular weight excluding hydrogens is 287 g/mol. The van der Waals surface area contributed by atoms with Gasteiger partial charge in [-0.3, -0.25) is 11.3 Å². The van der Waals surface area contributed by atoms with E-state index in [-0.39, 0.29) is 18.0 Å². The van der Waals surface area contributed by atoms with Crippen LogP contribution in [0.5, 0.6) is 0 Å². The Morgan fingerprint density at radius 3 is 2.76 bits per heavy atom. The third kappa shape index (κ3) is 4.03. The van der Waals surface area contributed by atoms with Gasteiger partial charge in [0.05, 0.1) is 12.1 Å². The summed E-state index contributed by atoms with van der Waals surface area (Å²) in [5, 5.41) is 0. The Kier molecular flexibility index (Phi) is 6.05. The molecule has 17 heavy (non-hydrogen) atoms. The van der Waals surface area contributed by atoms with Gasteiger partial charge in [-0.1, -0.05) is 22.9 Å². The van der Waals surface area contributed by atoms with Gasteiger partial charge in [-0.05, 0) is 36.6 Å². The fourth-order valence-corrected chi connectivity index (χ4v) is 2.26. The number of hydrazine groups is 1. The topological polar surface area (TPSA) is 47.3 Å². The molecule has 3 N–H and O–H groups in total. The molecule has 0 bridgehead atoms. The highest BCUT2D eigenvalue weighted by molar-refractivity contribution is 9.10. The average molecular weight is 305 g/mol. The first-order valence-corrected chi connectivity index (χ1v) is 6.34. The van der Waals surface area contributed by atoms with Gasteiger partial charge < -0.3 is 4.74 Å². The van der Waals surface area contributed by atoms with E-state index < -0.39 is 0 Å². The van der Waals surface area contributed by atoms with Crippen molar-refractivity contribution in [1.82, 2.24) is 5.43 Å². The number of rotatable bonds is 6. The Hall–Kier alpha value is -0.490. The van der Waals surface area contributed by atoms with E-state index >= 15 is 0 Å². The molecule has 0 aliphatic heterocycles. The van der Waals surface area contributed by atoms with E-state index in [2.05, 4.69) is 21.4 Å². The zero-order valence-corrected chi connectivity index (χ0v) is 11.6. The molecule has 0 spiro atoms. The lowest BCUT2D eigenvalue weighted by atomic mass is 10.00. The van der Waals surface area contributed by atoms with Crippen LogP contribution in [-0.2, 0) is 11.2 Å². The Morgan fingerprint density at radius 2 is 2.24 bits per heavy atom. The van der Waals surface area contributed by atoms with Crippen LogP contribution in [0.4, 0.5) is 4.39 Å². The van der Waals surface area contributed by atoms with Crippen molar-refractivity contribution in [3.05, 3.63) is 34.1 Å². The molecule has 0 heterocycles. The second-order valence-corrected chi connectivity index (χ2v) is 4.81. The summed E-state index contributed by atoms with van der Waals surface area (Å²) in [6.07, 6.45) is 1.29. The van der Waals surface area contributed by atoms with Crippen LogP contribution in [-0.4, -0.2) is 19.3 Å². The van der Waals surface area contributed by atoms with E-state index in [1.165, 1.54) is 6.07 Å². The SMILES string of the molecule is CCC(OC)C(Cc1cc(Br)ccc1F)NN. The number of halogens is 2. The van der Waals surface area contributed by atoms with Gasteiger partial charge >= 0.3 is 0 Å². The predicted molar refractivity (Wildman–Crippen MR) is 70.0 cm³/mol. The van der Waals surface area contributed by atoms with Crippen molar-refractivity contribution >= 4 is 15.9 Å². The number of methoxy groups -OCH3 is 1. The number of hydrogen-bond acceptors (Lipinski definition) is 3. The summed E-state index contributed by atoms with van der Waals surface area (Å²) in [6, 6.07) is 4.79. The predicted octanol–water partition coefficient (Wildman–Crippen LogP) is 2.39. The first-order valence-electron chi connectivity index (χ1n) is 5.55. The summed E-state index contributed by atoms with van der Waals surface area (Å²) in [5.74, 6) is 5.27. The highest BCUT2D eigenvalue weighted by Crippen LogP contribution is 2.18. The van der Waals surface area contributed by atoms with Crippen LogP contribution in [0.25, 0.3) is 0 Å². The van der Waals surface area contributed by atoms with Gasteiger partial charge in [0, 0.05) is 11.6 Å². The maximum Gasteiger partial charge on any atom is 0.126 e. The molecule has 5 heteroatoms. The summed E-state index contributed by atoms with van der Waals surface area (Å²) < 4.78 is 19.8. The van der Waals surface area contributed by atoms with Crippen LogP contribution >= 0.6 is 15.9 Å². The van der Waals surface area contributed by atoms with E-state index in [0.717, 1.165) is 10.9 Å². The van der Waals surface area contributed by atoms with Crippen molar-refractivity contribution in [3.63, 3.8) is 0 Å². The van der Waals surface area contributed by atoms with Gasteiger partial charge in [0.25, 0.3) is 0 Å². The molecule has 1 rings (SSSR count). The normalized spacial score (nSPS) is 14.6. The zero-order chi connectivity index (χ0) is 12.8. The third-order valence-corrected chi connectivity index (χ3v) is 3.31. The number of nitrogens with two attached hydrogens (primary N) is 1. The minimum Gasteiger partial charge on any atom is -0.380 e. The van der Waals surface area contributed by atoms with Crippen LogP contribution in [0, 0.1) is 5.82 Å². The third-order valence-electron chi connectivity index (χ3n) is 2.82. The van der Waals surface area contributed by atoms with Crippen LogP contribution < -0.4 is 11.3 Å². The molecule has 96 valence electrons. The van der Waals surface area contributed by atoms with Crippen LogP contribution in [0.3, 0.4) is 0 Å². The van der Waals surface area contributed by atoms with Crippen LogP contribution in [0.2, 0.25) is 0 Å². The quantitative estimate of drug-likeness (QED) is 0.627. The lowest BCUT2D eigenvalue weighted by molar-refractivity contribution is 0.0651. The number of nitrogens with one attached hydrogen (secondary N) is 1. The molecule has 0 saturated carbocycles. The molecule has 1 aromatic carbocycles. The first kappa shape index (κ1) is 14.6. The highest BCUT2D eigenvalue weighted by atomic mass is 79.9. The van der Waals surface area contributed by atoms with E-state index in [0.29, 0.717) is 12.0 Å². The summed E-state index contributed by atoms with van der Waals surface area (Å²) in [7, 11) is 1.63. The molecule has 2 unspecified atom stereocenters. The Bertz CT molecular complexity index is 358. The molecule has 1 aromatic rings. The zero-order valence-electron chi connectivity index (χ0n) is 10.0. The molecule has 0 fully saturated rings. The highest BCUT2D eigenvalue weighted by Gasteiger charge is 2.20. The van der Waals surface area contributed by atoms with Gasteiger partial charge in [-0.2, -0.15) is 0 Å². The number of hydrogen-bond donors (Lipinski definition) is 2. The maximum atomic E-state index is 13.6. The van der Waals surface area contributed by atoms with Crippen molar-refractivity contribution in [3.8, 4) is 0 Å². The second-order valence-electron chi connectivity index (χ2n) is 3.90. The van der Waals surface area contributed by atoms with E-state index in [1.54, 1.807) is 19.2 Å². The lowest BCUT2D eigenvalue weighted by Gasteiger charge is -2.24. The Morgan fingerprint density at radius 1 is 1.53 bits per heavy atom. The monoisotopic (exact) mass is 304 g/mol. The molecular formula is C12H18BrFN2O. The summed E-state index contributed by atoms with van der Waals surface area (Å²) >= 11 is 3.33. The van der Waals surface area contributed by atoms with Crippen molar-refractivity contribution < 1.29 is 9.13 Å². The van der Waals surface area contributed by atoms with Crippen molar-refractivity contribution in [2.75, 3.05) is 7.11 Å². The van der Waals surface area contributed by atoms with E-state index in [4.69, 9.17) is 10.6 Å². The number of ether oxygens (including phenoxy) is 1. The largest absolute Gasteiger partial charge is 0.380 e. The molecule has 2 atom stereocenters. The standard InChI is InChI=1S/C12H18BrFN2O/c1-3-12(17-2)11(16-15)7-8-6-9(13)4-5-10(8)14/h4-6,11-12,16H,3,7,15H2,1-2H3. The molecule has 0 amide bonds. The van der Waals surface area contributed by atoms with Crippen molar-refractivity contribution in [1.29, 1.82) is 0 Å². The minimum atomic E-state index is -0.223. The maximum absolute atomic E-state index is 13.6. The molecule has 0 aliphatic rings. The smallest absolute Gasteiger partial charge is 0.126 e. The summed E-state index contributed by atoms with van der Waals surface area (Å²) in [5.41, 5.74) is 3.32. The fourth-order valence-electron chi connectivity index (χ4n) is 1.85. The lowest BCUT2D eigenvalue weighted by Crippen LogP contribution is -2.46. The summed E-state index contributed by atoms with van der Waals surface area (Å²) in [4.78, 5) is 0. The van der Waals surface area contributed by atoms with E-state index in [9.17, 15) is 4.39 Å². The second kappa shape index (κ2) is 7.06.